The lowest BCUT2D eigenvalue weighted by Crippen LogP contribution is -1.98. The summed E-state index contributed by atoms with van der Waals surface area (Å²) in [4.78, 5) is 0. The van der Waals surface area contributed by atoms with Crippen LogP contribution in [0.5, 0.6) is 0 Å². The van der Waals surface area contributed by atoms with Gasteiger partial charge in [0.15, 0.2) is 0 Å². The van der Waals surface area contributed by atoms with Gasteiger partial charge in [0.2, 0.25) is 0 Å². The number of aliphatic hydroxyl groups excluding tert-OH is 1. The summed E-state index contributed by atoms with van der Waals surface area (Å²) in [7, 11) is 0. The summed E-state index contributed by atoms with van der Waals surface area (Å²) in [5.74, 6) is 2.64. The molecule has 0 heterocycles. The van der Waals surface area contributed by atoms with Gasteiger partial charge in [-0.05, 0) is 19.8 Å². The van der Waals surface area contributed by atoms with Crippen LogP contribution in [0, 0.1) is 12.3 Å². The van der Waals surface area contributed by atoms with Gasteiger partial charge in [-0.25, -0.2) is 0 Å². The van der Waals surface area contributed by atoms with E-state index in [1.807, 2.05) is 6.92 Å². The molecule has 0 saturated heterocycles. The smallest absolute Gasteiger partial charge is 0.0512 e. The maximum absolute atomic E-state index is 8.97. The average Bonchev–Trinajstić information content (AvgIpc) is 2.02. The van der Waals surface area contributed by atoms with Crippen LogP contribution in [-0.4, -0.2) is 11.2 Å². The molecule has 0 unspecified atom stereocenters. The molecule has 70 valence electrons. The van der Waals surface area contributed by atoms with Crippen molar-refractivity contribution in [3.8, 4) is 12.3 Å². The zero-order valence-corrected chi connectivity index (χ0v) is 8.05. The van der Waals surface area contributed by atoms with E-state index in [-0.39, 0.29) is 6.10 Å². The lowest BCUT2D eigenvalue weighted by atomic mass is 10.1. The monoisotopic (exact) mass is 168 g/mol. The topological polar surface area (TPSA) is 20.2 Å². The van der Waals surface area contributed by atoms with Crippen LogP contribution in [0.4, 0.5) is 0 Å². The Labute approximate surface area is 76.2 Å². The molecule has 0 aliphatic carbocycles. The molecule has 0 aliphatic heterocycles. The first kappa shape index (κ1) is 11.5. The van der Waals surface area contributed by atoms with Crippen LogP contribution in [0.25, 0.3) is 0 Å². The van der Waals surface area contributed by atoms with Crippen molar-refractivity contribution in [2.24, 2.45) is 0 Å². The predicted molar refractivity (Wildman–Crippen MR) is 52.8 cm³/mol. The Balaban J connectivity index is 2.87. The Bertz CT molecular complexity index is 121. The first-order valence-corrected chi connectivity index (χ1v) is 4.89. The van der Waals surface area contributed by atoms with E-state index < -0.39 is 0 Å². The summed E-state index contributed by atoms with van der Waals surface area (Å²) >= 11 is 0. The minimum absolute atomic E-state index is 0.129. The van der Waals surface area contributed by atoms with Crippen molar-refractivity contribution in [2.75, 3.05) is 0 Å². The van der Waals surface area contributed by atoms with Crippen LogP contribution in [0.15, 0.2) is 0 Å². The zero-order valence-electron chi connectivity index (χ0n) is 8.05. The van der Waals surface area contributed by atoms with Gasteiger partial charge < -0.3 is 5.11 Å². The third-order valence-corrected chi connectivity index (χ3v) is 1.94. The number of hydrogen-bond donors (Lipinski definition) is 1. The van der Waals surface area contributed by atoms with E-state index in [9.17, 15) is 0 Å². The van der Waals surface area contributed by atoms with Gasteiger partial charge in [0.05, 0.1) is 6.10 Å². The molecule has 0 fully saturated rings. The molecule has 1 nitrogen and oxygen atoms in total. The minimum Gasteiger partial charge on any atom is -0.393 e. The normalized spacial score (nSPS) is 12.4. The molecule has 1 heteroatoms. The molecule has 0 aromatic carbocycles. The van der Waals surface area contributed by atoms with Gasteiger partial charge in [-0.15, -0.1) is 12.3 Å². The molecule has 0 radical (unpaired) electrons. The fraction of sp³-hybridized carbons (Fsp3) is 0.818. The fourth-order valence-electron chi connectivity index (χ4n) is 1.20. The zero-order chi connectivity index (χ0) is 9.23. The van der Waals surface area contributed by atoms with Crippen molar-refractivity contribution in [1.29, 1.82) is 0 Å². The van der Waals surface area contributed by atoms with E-state index in [4.69, 9.17) is 11.5 Å². The standard InChI is InChI=1S/C11H20O/c1-3-4-5-6-7-8-9-10-11(2)12/h1,11-12H,4-10H2,2H3/t11-/m1/s1. The maximum atomic E-state index is 8.97. The van der Waals surface area contributed by atoms with E-state index in [2.05, 4.69) is 5.92 Å². The highest BCUT2D eigenvalue weighted by molar-refractivity contribution is 4.82. The van der Waals surface area contributed by atoms with E-state index in [0.717, 1.165) is 25.7 Å². The maximum Gasteiger partial charge on any atom is 0.0512 e. The largest absolute Gasteiger partial charge is 0.393 e. The number of rotatable bonds is 7. The van der Waals surface area contributed by atoms with Crippen LogP contribution in [0.2, 0.25) is 0 Å². The van der Waals surface area contributed by atoms with Gasteiger partial charge in [0.1, 0.15) is 0 Å². The third-order valence-electron chi connectivity index (χ3n) is 1.94. The van der Waals surface area contributed by atoms with Gasteiger partial charge in [-0.3, -0.25) is 0 Å². The van der Waals surface area contributed by atoms with Crippen LogP contribution >= 0.6 is 0 Å². The highest BCUT2D eigenvalue weighted by Crippen LogP contribution is 2.07. The van der Waals surface area contributed by atoms with Crippen molar-refractivity contribution in [1.82, 2.24) is 0 Å². The van der Waals surface area contributed by atoms with Crippen molar-refractivity contribution in [3.63, 3.8) is 0 Å². The van der Waals surface area contributed by atoms with Crippen LogP contribution < -0.4 is 0 Å². The summed E-state index contributed by atoms with van der Waals surface area (Å²) in [5.41, 5.74) is 0. The third kappa shape index (κ3) is 9.52. The fourth-order valence-corrected chi connectivity index (χ4v) is 1.20. The van der Waals surface area contributed by atoms with Gasteiger partial charge >= 0.3 is 0 Å². The molecule has 1 atom stereocenters. The molecule has 0 aromatic rings. The van der Waals surface area contributed by atoms with Gasteiger partial charge in [0, 0.05) is 6.42 Å². The molecule has 0 bridgehead atoms. The van der Waals surface area contributed by atoms with Crippen LogP contribution in [0.1, 0.15) is 51.9 Å². The number of hydrogen-bond acceptors (Lipinski definition) is 1. The molecule has 0 amide bonds. The van der Waals surface area contributed by atoms with Gasteiger partial charge in [-0.1, -0.05) is 25.7 Å². The SMILES string of the molecule is C#CCCCCCCC[C@@H](C)O. The molecule has 0 spiro atoms. The summed E-state index contributed by atoms with van der Waals surface area (Å²) in [6.07, 6.45) is 12.9. The van der Waals surface area contributed by atoms with Gasteiger partial charge in [-0.2, -0.15) is 0 Å². The number of unbranched alkanes of at least 4 members (excludes halogenated alkanes) is 5. The average molecular weight is 168 g/mol. The molecule has 0 aliphatic rings. The van der Waals surface area contributed by atoms with Crippen molar-refractivity contribution < 1.29 is 5.11 Å². The second-order valence-corrected chi connectivity index (χ2v) is 3.36. The van der Waals surface area contributed by atoms with Crippen molar-refractivity contribution in [2.45, 2.75) is 58.0 Å². The molecule has 1 N–H and O–H groups in total. The molecule has 0 saturated carbocycles. The lowest BCUT2D eigenvalue weighted by Gasteiger charge is -2.02. The Morgan fingerprint density at radius 1 is 1.17 bits per heavy atom. The summed E-state index contributed by atoms with van der Waals surface area (Å²) in [6, 6.07) is 0. The molecule has 0 aromatic heterocycles. The quantitative estimate of drug-likeness (QED) is 0.458. The molecule has 12 heavy (non-hydrogen) atoms. The Hall–Kier alpha value is -0.480. The molecular weight excluding hydrogens is 148 g/mol. The minimum atomic E-state index is -0.129. The van der Waals surface area contributed by atoms with E-state index in [1.54, 1.807) is 0 Å². The summed E-state index contributed by atoms with van der Waals surface area (Å²) < 4.78 is 0. The summed E-state index contributed by atoms with van der Waals surface area (Å²) in [6.45, 7) is 1.85. The predicted octanol–water partition coefficient (Wildman–Crippen LogP) is 2.73. The first-order chi connectivity index (χ1) is 5.77. The highest BCUT2D eigenvalue weighted by Gasteiger charge is 1.94. The van der Waals surface area contributed by atoms with Crippen molar-refractivity contribution in [3.05, 3.63) is 0 Å². The van der Waals surface area contributed by atoms with E-state index in [1.165, 1.54) is 19.3 Å². The van der Waals surface area contributed by atoms with E-state index >= 15 is 0 Å². The van der Waals surface area contributed by atoms with Crippen LogP contribution in [-0.2, 0) is 0 Å². The Morgan fingerprint density at radius 2 is 1.75 bits per heavy atom. The Morgan fingerprint density at radius 3 is 2.33 bits per heavy atom. The first-order valence-electron chi connectivity index (χ1n) is 4.89. The Kier molecular flexibility index (Phi) is 8.27. The molecular formula is C11H20O. The summed E-state index contributed by atoms with van der Waals surface area (Å²) in [5, 5.41) is 8.97. The number of aliphatic hydroxyl groups is 1. The van der Waals surface area contributed by atoms with Crippen LogP contribution in [0.3, 0.4) is 0 Å². The van der Waals surface area contributed by atoms with Crippen molar-refractivity contribution >= 4 is 0 Å². The highest BCUT2D eigenvalue weighted by atomic mass is 16.3. The second-order valence-electron chi connectivity index (χ2n) is 3.36. The van der Waals surface area contributed by atoms with E-state index in [0.29, 0.717) is 0 Å². The second kappa shape index (κ2) is 8.62. The molecule has 0 rings (SSSR count). The lowest BCUT2D eigenvalue weighted by molar-refractivity contribution is 0.180. The van der Waals surface area contributed by atoms with Gasteiger partial charge in [0.25, 0.3) is 0 Å². The number of terminal acetylenes is 1.